The van der Waals surface area contributed by atoms with Gasteiger partial charge in [-0.05, 0) is 37.9 Å². The number of aromatic nitrogens is 1. The van der Waals surface area contributed by atoms with Gasteiger partial charge in [-0.2, -0.15) is 0 Å². The first kappa shape index (κ1) is 15.3. The van der Waals surface area contributed by atoms with Crippen molar-refractivity contribution in [1.82, 2.24) is 10.3 Å². The Kier molecular flexibility index (Phi) is 5.38. The molecule has 1 saturated carbocycles. The summed E-state index contributed by atoms with van der Waals surface area (Å²) >= 11 is 0. The van der Waals surface area contributed by atoms with Crippen LogP contribution in [0, 0.1) is 0 Å². The predicted molar refractivity (Wildman–Crippen MR) is 80.0 cm³/mol. The SMILES string of the molecule is CCNC(c1cncc(OC)c1)C1(OCC)CCCC1. The molecule has 4 heteroatoms. The summed E-state index contributed by atoms with van der Waals surface area (Å²) in [5.74, 6) is 0.801. The summed E-state index contributed by atoms with van der Waals surface area (Å²) in [6, 6.07) is 2.25. The summed E-state index contributed by atoms with van der Waals surface area (Å²) in [7, 11) is 1.68. The van der Waals surface area contributed by atoms with Crippen LogP contribution in [-0.4, -0.2) is 30.8 Å². The Morgan fingerprint density at radius 1 is 1.30 bits per heavy atom. The van der Waals surface area contributed by atoms with E-state index in [0.29, 0.717) is 0 Å². The second-order valence-corrected chi connectivity index (χ2v) is 5.35. The number of hydrogen-bond acceptors (Lipinski definition) is 4. The Hall–Kier alpha value is -1.13. The quantitative estimate of drug-likeness (QED) is 0.832. The maximum absolute atomic E-state index is 6.20. The largest absolute Gasteiger partial charge is 0.495 e. The minimum Gasteiger partial charge on any atom is -0.495 e. The molecule has 1 unspecified atom stereocenters. The molecule has 1 aliphatic carbocycles. The van der Waals surface area contributed by atoms with Crippen molar-refractivity contribution < 1.29 is 9.47 Å². The summed E-state index contributed by atoms with van der Waals surface area (Å²) in [6.45, 7) is 5.87. The van der Waals surface area contributed by atoms with Gasteiger partial charge in [0.25, 0.3) is 0 Å². The summed E-state index contributed by atoms with van der Waals surface area (Å²) < 4.78 is 11.5. The van der Waals surface area contributed by atoms with E-state index in [2.05, 4.69) is 30.2 Å². The molecular formula is C16H26N2O2. The van der Waals surface area contributed by atoms with Crippen molar-refractivity contribution in [2.75, 3.05) is 20.3 Å². The molecule has 0 aromatic carbocycles. The lowest BCUT2D eigenvalue weighted by Crippen LogP contribution is -2.44. The third kappa shape index (κ3) is 3.13. The molecule has 1 N–H and O–H groups in total. The summed E-state index contributed by atoms with van der Waals surface area (Å²) in [4.78, 5) is 4.30. The van der Waals surface area contributed by atoms with E-state index in [1.54, 1.807) is 13.3 Å². The Morgan fingerprint density at radius 3 is 2.65 bits per heavy atom. The van der Waals surface area contributed by atoms with Crippen LogP contribution in [-0.2, 0) is 4.74 Å². The summed E-state index contributed by atoms with van der Waals surface area (Å²) in [5, 5.41) is 3.60. The standard InChI is InChI=1S/C16H26N2O2/c1-4-18-15(13-10-14(19-3)12-17-11-13)16(20-5-2)8-6-7-9-16/h10-12,15,18H,4-9H2,1-3H3. The average Bonchev–Trinajstić information content (AvgIpc) is 2.94. The van der Waals surface area contributed by atoms with Gasteiger partial charge in [0.15, 0.2) is 0 Å². The number of nitrogens with zero attached hydrogens (tertiary/aromatic N) is 1. The zero-order valence-electron chi connectivity index (χ0n) is 12.8. The van der Waals surface area contributed by atoms with E-state index in [4.69, 9.17) is 9.47 Å². The average molecular weight is 278 g/mol. The number of rotatable bonds is 7. The highest BCUT2D eigenvalue weighted by Crippen LogP contribution is 2.43. The molecule has 1 fully saturated rings. The van der Waals surface area contributed by atoms with Crippen LogP contribution in [0.25, 0.3) is 0 Å². The van der Waals surface area contributed by atoms with Gasteiger partial charge in [-0.25, -0.2) is 0 Å². The van der Waals surface area contributed by atoms with E-state index in [0.717, 1.165) is 37.3 Å². The van der Waals surface area contributed by atoms with E-state index < -0.39 is 0 Å². The molecule has 0 amide bonds. The summed E-state index contributed by atoms with van der Waals surface area (Å²) in [5.41, 5.74) is 1.06. The second kappa shape index (κ2) is 7.04. The van der Waals surface area contributed by atoms with Crippen molar-refractivity contribution in [3.63, 3.8) is 0 Å². The topological polar surface area (TPSA) is 43.4 Å². The Balaban J connectivity index is 2.32. The molecule has 0 spiro atoms. The lowest BCUT2D eigenvalue weighted by molar-refractivity contribution is -0.0624. The van der Waals surface area contributed by atoms with Crippen molar-refractivity contribution >= 4 is 0 Å². The van der Waals surface area contributed by atoms with Crippen LogP contribution >= 0.6 is 0 Å². The van der Waals surface area contributed by atoms with Gasteiger partial charge in [-0.15, -0.1) is 0 Å². The van der Waals surface area contributed by atoms with E-state index >= 15 is 0 Å². The molecule has 0 saturated heterocycles. The van der Waals surface area contributed by atoms with Crippen LogP contribution in [0.2, 0.25) is 0 Å². The molecule has 0 bridgehead atoms. The van der Waals surface area contributed by atoms with Crippen LogP contribution in [0.15, 0.2) is 18.5 Å². The molecule has 1 aliphatic rings. The molecule has 1 aromatic heterocycles. The van der Waals surface area contributed by atoms with Gasteiger partial charge in [0.2, 0.25) is 0 Å². The van der Waals surface area contributed by atoms with Crippen molar-refractivity contribution in [2.24, 2.45) is 0 Å². The van der Waals surface area contributed by atoms with Crippen LogP contribution in [0.4, 0.5) is 0 Å². The fourth-order valence-electron chi connectivity index (χ4n) is 3.29. The summed E-state index contributed by atoms with van der Waals surface area (Å²) in [6.07, 6.45) is 8.35. The molecule has 0 radical (unpaired) electrons. The van der Waals surface area contributed by atoms with Crippen molar-refractivity contribution in [1.29, 1.82) is 0 Å². The van der Waals surface area contributed by atoms with Crippen molar-refractivity contribution in [3.05, 3.63) is 24.0 Å². The maximum atomic E-state index is 6.20. The number of ether oxygens (including phenoxy) is 2. The van der Waals surface area contributed by atoms with E-state index in [9.17, 15) is 0 Å². The highest BCUT2D eigenvalue weighted by atomic mass is 16.5. The first-order valence-electron chi connectivity index (χ1n) is 7.62. The highest BCUT2D eigenvalue weighted by Gasteiger charge is 2.42. The lowest BCUT2D eigenvalue weighted by atomic mass is 9.87. The lowest BCUT2D eigenvalue weighted by Gasteiger charge is -2.38. The Labute approximate surface area is 121 Å². The monoisotopic (exact) mass is 278 g/mol. The third-order valence-electron chi connectivity index (χ3n) is 4.12. The zero-order valence-corrected chi connectivity index (χ0v) is 12.8. The van der Waals surface area contributed by atoms with Crippen LogP contribution < -0.4 is 10.1 Å². The fourth-order valence-corrected chi connectivity index (χ4v) is 3.29. The molecule has 4 nitrogen and oxygen atoms in total. The van der Waals surface area contributed by atoms with Gasteiger partial charge in [0.1, 0.15) is 5.75 Å². The number of methoxy groups -OCH3 is 1. The van der Waals surface area contributed by atoms with Gasteiger partial charge in [-0.3, -0.25) is 4.98 Å². The van der Waals surface area contributed by atoms with Gasteiger partial charge in [0, 0.05) is 12.8 Å². The normalized spacial score (nSPS) is 18.9. The van der Waals surface area contributed by atoms with Gasteiger partial charge < -0.3 is 14.8 Å². The Morgan fingerprint density at radius 2 is 2.05 bits per heavy atom. The van der Waals surface area contributed by atoms with E-state index in [1.165, 1.54) is 12.8 Å². The molecule has 2 rings (SSSR count). The molecule has 0 aliphatic heterocycles. The van der Waals surface area contributed by atoms with Gasteiger partial charge in [-0.1, -0.05) is 19.8 Å². The fraction of sp³-hybridized carbons (Fsp3) is 0.688. The minimum atomic E-state index is -0.0984. The number of pyridine rings is 1. The van der Waals surface area contributed by atoms with Crippen LogP contribution in [0.1, 0.15) is 51.1 Å². The van der Waals surface area contributed by atoms with E-state index in [-0.39, 0.29) is 11.6 Å². The van der Waals surface area contributed by atoms with Crippen molar-refractivity contribution in [2.45, 2.75) is 51.2 Å². The number of likely N-dealkylation sites (N-methyl/N-ethyl adjacent to an activating group) is 1. The second-order valence-electron chi connectivity index (χ2n) is 5.35. The zero-order chi connectivity index (χ0) is 14.4. The maximum Gasteiger partial charge on any atom is 0.137 e. The highest BCUT2D eigenvalue weighted by molar-refractivity contribution is 5.28. The van der Waals surface area contributed by atoms with Crippen LogP contribution in [0.3, 0.4) is 0 Å². The van der Waals surface area contributed by atoms with E-state index in [1.807, 2.05) is 6.20 Å². The minimum absolute atomic E-state index is 0.0984. The smallest absolute Gasteiger partial charge is 0.137 e. The first-order chi connectivity index (χ1) is 9.75. The molecule has 112 valence electrons. The van der Waals surface area contributed by atoms with Gasteiger partial charge >= 0.3 is 0 Å². The van der Waals surface area contributed by atoms with Crippen LogP contribution in [0.5, 0.6) is 5.75 Å². The molecule has 1 heterocycles. The molecule has 20 heavy (non-hydrogen) atoms. The number of hydrogen-bond donors (Lipinski definition) is 1. The molecule has 1 aromatic rings. The molecule has 1 atom stereocenters. The van der Waals surface area contributed by atoms with Gasteiger partial charge in [0.05, 0.1) is 24.9 Å². The van der Waals surface area contributed by atoms with Crippen molar-refractivity contribution in [3.8, 4) is 5.75 Å². The predicted octanol–water partition coefficient (Wildman–Crippen LogP) is 3.09. The molecular weight excluding hydrogens is 252 g/mol. The number of nitrogens with one attached hydrogen (secondary N) is 1. The Bertz CT molecular complexity index is 417. The first-order valence-corrected chi connectivity index (χ1v) is 7.62. The third-order valence-corrected chi connectivity index (χ3v) is 4.12.